The van der Waals surface area contributed by atoms with E-state index < -0.39 is 0 Å². The summed E-state index contributed by atoms with van der Waals surface area (Å²) in [5.74, 6) is 1.98. The molecule has 3 aromatic rings. The highest BCUT2D eigenvalue weighted by Gasteiger charge is 2.26. The number of carbonyl (C=O) groups excluding carboxylic acids is 1. The van der Waals surface area contributed by atoms with Crippen LogP contribution in [0.25, 0.3) is 10.9 Å². The van der Waals surface area contributed by atoms with Crippen LogP contribution < -0.4 is 14.7 Å². The number of hydrogen-bond acceptors (Lipinski definition) is 10. The van der Waals surface area contributed by atoms with Gasteiger partial charge in [-0.3, -0.25) is 4.79 Å². The summed E-state index contributed by atoms with van der Waals surface area (Å²) in [4.78, 5) is 43.3. The van der Waals surface area contributed by atoms with E-state index in [1.54, 1.807) is 11.9 Å². The van der Waals surface area contributed by atoms with Crippen LogP contribution in [-0.4, -0.2) is 90.3 Å². The van der Waals surface area contributed by atoms with E-state index in [9.17, 15) is 4.79 Å². The van der Waals surface area contributed by atoms with Crippen molar-refractivity contribution in [2.24, 2.45) is 10.9 Å². The second-order valence-corrected chi connectivity index (χ2v) is 9.60. The number of fused-ring (bicyclic) bond motifs is 1. The van der Waals surface area contributed by atoms with Gasteiger partial charge in [-0.15, -0.1) is 0 Å². The van der Waals surface area contributed by atoms with Crippen LogP contribution in [0.15, 0.2) is 48.2 Å². The Morgan fingerprint density at radius 3 is 2.63 bits per heavy atom. The fourth-order valence-electron chi connectivity index (χ4n) is 4.67. The average Bonchev–Trinajstić information content (AvgIpc) is 3.44. The first-order chi connectivity index (χ1) is 18.4. The maximum atomic E-state index is 12.2. The summed E-state index contributed by atoms with van der Waals surface area (Å²) >= 11 is 0. The van der Waals surface area contributed by atoms with Crippen molar-refractivity contribution in [3.05, 3.63) is 48.8 Å². The summed E-state index contributed by atoms with van der Waals surface area (Å²) in [6.45, 7) is 8.80. The molecular weight excluding hydrogens is 480 g/mol. The molecule has 11 nitrogen and oxygen atoms in total. The lowest BCUT2D eigenvalue weighted by atomic mass is 10.1. The minimum atomic E-state index is -0.175. The molecule has 1 unspecified atom stereocenters. The first-order valence-corrected chi connectivity index (χ1v) is 12.6. The van der Waals surface area contributed by atoms with E-state index in [0.29, 0.717) is 17.5 Å². The molecule has 1 atom stereocenters. The van der Waals surface area contributed by atoms with E-state index in [1.807, 2.05) is 30.5 Å². The van der Waals surface area contributed by atoms with E-state index in [1.165, 1.54) is 18.5 Å². The first-order valence-electron chi connectivity index (χ1n) is 12.6. The molecule has 0 spiro atoms. The quantitative estimate of drug-likeness (QED) is 0.364. The van der Waals surface area contributed by atoms with Crippen LogP contribution in [0.3, 0.4) is 0 Å². The molecule has 194 valence electrons. The van der Waals surface area contributed by atoms with Crippen LogP contribution in [0.2, 0.25) is 0 Å². The number of nitrogens with zero attached hydrogens (tertiary/aromatic N) is 10. The number of hydrogen-bond donors (Lipinski definition) is 0. The number of amides is 1. The molecule has 1 aromatic carbocycles. The lowest BCUT2D eigenvalue weighted by Crippen LogP contribution is -2.45. The number of aromatic nitrogens is 4. The number of rotatable bonds is 6. The number of benzene rings is 1. The molecule has 0 bridgehead atoms. The molecule has 2 fully saturated rings. The average molecular weight is 511 g/mol. The lowest BCUT2D eigenvalue weighted by molar-refractivity contribution is -0.113. The second-order valence-electron chi connectivity index (χ2n) is 9.60. The molecule has 0 aliphatic carbocycles. The monoisotopic (exact) mass is 510 g/mol. The third-order valence-electron chi connectivity index (χ3n) is 7.02. The molecule has 2 aliphatic heterocycles. The van der Waals surface area contributed by atoms with Crippen LogP contribution in [0.1, 0.15) is 12.0 Å². The number of anilines is 3. The van der Waals surface area contributed by atoms with Crippen molar-refractivity contribution in [3.63, 3.8) is 0 Å². The fraction of sp³-hybridized carbons (Fsp3) is 0.370. The first kappa shape index (κ1) is 25.2. The topological polar surface area (TPSA) is 118 Å². The van der Waals surface area contributed by atoms with E-state index in [4.69, 9.17) is 15.2 Å². The van der Waals surface area contributed by atoms with Gasteiger partial charge in [0.1, 0.15) is 11.9 Å². The molecule has 0 N–H and O–H groups in total. The summed E-state index contributed by atoms with van der Waals surface area (Å²) in [6, 6.07) is 7.87. The van der Waals surface area contributed by atoms with Gasteiger partial charge in [0, 0.05) is 69.5 Å². The molecule has 2 aliphatic rings. The van der Waals surface area contributed by atoms with E-state index in [0.717, 1.165) is 68.1 Å². The Bertz CT molecular complexity index is 1410. The van der Waals surface area contributed by atoms with Crippen molar-refractivity contribution in [2.75, 3.05) is 68.1 Å². The molecule has 0 saturated carbocycles. The number of nitriles is 1. The van der Waals surface area contributed by atoms with Gasteiger partial charge in [0.15, 0.2) is 0 Å². The summed E-state index contributed by atoms with van der Waals surface area (Å²) in [5.41, 5.74) is 1.96. The number of carbonyl (C=O) groups is 1. The SMILES string of the molecule is C=CC(=O)N(C)c1ccc2c(N3CCC(/C=N/c4ncc(C#N)cn4)C3)nc(N3CCN(C)CC3)nc2c1. The molecule has 4 heterocycles. The maximum Gasteiger partial charge on any atom is 0.250 e. The largest absolute Gasteiger partial charge is 0.355 e. The van der Waals surface area contributed by atoms with Gasteiger partial charge in [0.25, 0.3) is 0 Å². The van der Waals surface area contributed by atoms with Crippen molar-refractivity contribution in [1.29, 1.82) is 5.26 Å². The highest BCUT2D eigenvalue weighted by atomic mass is 16.2. The number of piperazine rings is 1. The molecular formula is C27H30N10O. The normalized spacial score (nSPS) is 18.2. The summed E-state index contributed by atoms with van der Waals surface area (Å²) in [5, 5.41) is 9.87. The van der Waals surface area contributed by atoms with Crippen LogP contribution in [0.4, 0.5) is 23.4 Å². The predicted molar refractivity (Wildman–Crippen MR) is 148 cm³/mol. The molecule has 2 saturated heterocycles. The van der Waals surface area contributed by atoms with Gasteiger partial charge in [-0.1, -0.05) is 6.58 Å². The highest BCUT2D eigenvalue weighted by Crippen LogP contribution is 2.32. The zero-order valence-electron chi connectivity index (χ0n) is 21.7. The minimum Gasteiger partial charge on any atom is -0.355 e. The van der Waals surface area contributed by atoms with E-state index in [-0.39, 0.29) is 11.8 Å². The number of aliphatic imine (C=N–C) groups is 1. The van der Waals surface area contributed by atoms with Crippen LogP contribution in [0.5, 0.6) is 0 Å². The van der Waals surface area contributed by atoms with Gasteiger partial charge in [-0.2, -0.15) is 10.2 Å². The summed E-state index contributed by atoms with van der Waals surface area (Å²) < 4.78 is 0. The Morgan fingerprint density at radius 1 is 1.16 bits per heavy atom. The zero-order chi connectivity index (χ0) is 26.6. The lowest BCUT2D eigenvalue weighted by Gasteiger charge is -2.33. The van der Waals surface area contributed by atoms with Gasteiger partial charge < -0.3 is 19.6 Å². The fourth-order valence-corrected chi connectivity index (χ4v) is 4.67. The molecule has 5 rings (SSSR count). The Balaban J connectivity index is 1.44. The third-order valence-corrected chi connectivity index (χ3v) is 7.02. The molecule has 11 heteroatoms. The standard InChI is InChI=1S/C27H30N10O/c1-4-24(38)35(3)21-5-6-22-23(13-21)32-27(36-11-9-34(2)10-12-36)33-25(22)37-8-7-19(18-37)15-29-26-30-16-20(14-28)17-31-26/h4-6,13,15-17,19H,1,7-12,18H2,2-3H3/b29-15+. The second kappa shape index (κ2) is 10.9. The van der Waals surface area contributed by atoms with Crippen molar-refractivity contribution < 1.29 is 4.79 Å². The van der Waals surface area contributed by atoms with Crippen LogP contribution in [0, 0.1) is 17.2 Å². The smallest absolute Gasteiger partial charge is 0.250 e. The maximum absolute atomic E-state index is 12.2. The molecule has 2 aromatic heterocycles. The van der Waals surface area contributed by atoms with E-state index >= 15 is 0 Å². The van der Waals surface area contributed by atoms with Crippen molar-refractivity contribution in [2.45, 2.75) is 6.42 Å². The van der Waals surface area contributed by atoms with Crippen molar-refractivity contribution >= 4 is 46.4 Å². The minimum absolute atomic E-state index is 0.175. The Kier molecular flexibility index (Phi) is 7.24. The predicted octanol–water partition coefficient (Wildman–Crippen LogP) is 2.42. The Labute approximate surface area is 221 Å². The number of likely N-dealkylation sites (N-methyl/N-ethyl adjacent to an activating group) is 2. The van der Waals surface area contributed by atoms with E-state index in [2.05, 4.69) is 43.3 Å². The highest BCUT2D eigenvalue weighted by molar-refractivity contribution is 6.02. The third kappa shape index (κ3) is 5.31. The summed E-state index contributed by atoms with van der Waals surface area (Å²) in [6.07, 6.45) is 7.06. The van der Waals surface area contributed by atoms with Gasteiger partial charge >= 0.3 is 0 Å². The summed E-state index contributed by atoms with van der Waals surface area (Å²) in [7, 11) is 3.86. The van der Waals surface area contributed by atoms with Gasteiger partial charge in [0.05, 0.1) is 23.5 Å². The zero-order valence-corrected chi connectivity index (χ0v) is 21.7. The van der Waals surface area contributed by atoms with Gasteiger partial charge in [0.2, 0.25) is 17.8 Å². The molecule has 1 amide bonds. The van der Waals surface area contributed by atoms with Crippen LogP contribution >= 0.6 is 0 Å². The Morgan fingerprint density at radius 2 is 1.92 bits per heavy atom. The van der Waals surface area contributed by atoms with Crippen molar-refractivity contribution in [3.8, 4) is 6.07 Å². The molecule has 0 radical (unpaired) electrons. The van der Waals surface area contributed by atoms with Crippen molar-refractivity contribution in [1.82, 2.24) is 24.8 Å². The molecule has 38 heavy (non-hydrogen) atoms. The van der Waals surface area contributed by atoms with Crippen LogP contribution in [-0.2, 0) is 4.79 Å². The van der Waals surface area contributed by atoms with Gasteiger partial charge in [-0.05, 0) is 37.7 Å². The Hall–Kier alpha value is -4.43. The van der Waals surface area contributed by atoms with Gasteiger partial charge in [-0.25, -0.2) is 19.9 Å².